The number of hydrogen-bond acceptors (Lipinski definition) is 4. The van der Waals surface area contributed by atoms with Crippen molar-refractivity contribution in [1.29, 1.82) is 0 Å². The first-order valence-corrected chi connectivity index (χ1v) is 13.1. The Labute approximate surface area is 219 Å². The molecule has 0 spiro atoms. The lowest BCUT2D eigenvalue weighted by molar-refractivity contribution is 0.291. The Morgan fingerprint density at radius 2 is 1.62 bits per heavy atom. The van der Waals surface area contributed by atoms with Gasteiger partial charge in [-0.15, -0.1) is 11.3 Å². The van der Waals surface area contributed by atoms with Crippen LogP contribution in [0.4, 0.5) is 4.39 Å². The second-order valence-electron chi connectivity index (χ2n) is 8.97. The molecule has 2 heterocycles. The average molecular weight is 511 g/mol. The van der Waals surface area contributed by atoms with Gasteiger partial charge in [-0.2, -0.15) is 0 Å². The van der Waals surface area contributed by atoms with Crippen LogP contribution in [-0.2, 0) is 19.6 Å². The van der Waals surface area contributed by atoms with Crippen LogP contribution in [0.1, 0.15) is 22.4 Å². The third kappa shape index (κ3) is 5.39. The standard InChI is InChI=1S/C31H27FN2O2S/c1-21-18-27(37-20-21)28-22(2)33-30(34(31(28)35)17-16-23-10-5-3-6-11-23)25-14-9-15-26(32)29(25)36-19-24-12-7-4-8-13-24/h3-15,18,20H,16-17,19H2,1-2H3. The van der Waals surface area contributed by atoms with Gasteiger partial charge in [-0.1, -0.05) is 66.7 Å². The third-order valence-corrected chi connectivity index (χ3v) is 7.29. The molecule has 0 N–H and O–H groups in total. The van der Waals surface area contributed by atoms with E-state index in [0.29, 0.717) is 35.6 Å². The summed E-state index contributed by atoms with van der Waals surface area (Å²) < 4.78 is 22.8. The molecule has 186 valence electrons. The highest BCUT2D eigenvalue weighted by Gasteiger charge is 2.22. The van der Waals surface area contributed by atoms with E-state index in [1.54, 1.807) is 16.7 Å². The van der Waals surface area contributed by atoms with Gasteiger partial charge in [0.1, 0.15) is 12.4 Å². The van der Waals surface area contributed by atoms with Crippen LogP contribution in [0.2, 0.25) is 0 Å². The number of rotatable bonds is 8. The zero-order chi connectivity index (χ0) is 25.8. The lowest BCUT2D eigenvalue weighted by Gasteiger charge is -2.18. The number of para-hydroxylation sites is 1. The molecular weight excluding hydrogens is 483 g/mol. The van der Waals surface area contributed by atoms with Gasteiger partial charge in [0.15, 0.2) is 11.6 Å². The fraction of sp³-hybridized carbons (Fsp3) is 0.161. The molecule has 5 aromatic rings. The van der Waals surface area contributed by atoms with Crippen LogP contribution >= 0.6 is 11.3 Å². The number of nitrogens with zero attached hydrogens (tertiary/aromatic N) is 2. The van der Waals surface area contributed by atoms with Crippen molar-refractivity contribution in [3.8, 4) is 27.6 Å². The quantitative estimate of drug-likeness (QED) is 0.221. The van der Waals surface area contributed by atoms with Crippen LogP contribution in [0.15, 0.2) is 95.1 Å². The SMILES string of the molecule is Cc1csc(-c2c(C)nc(-c3cccc(F)c3OCc3ccccc3)n(CCc3ccccc3)c2=O)c1. The zero-order valence-electron chi connectivity index (χ0n) is 20.8. The minimum atomic E-state index is -0.493. The highest BCUT2D eigenvalue weighted by molar-refractivity contribution is 7.13. The van der Waals surface area contributed by atoms with Gasteiger partial charge in [0, 0.05) is 11.4 Å². The van der Waals surface area contributed by atoms with Gasteiger partial charge in [-0.25, -0.2) is 9.37 Å². The van der Waals surface area contributed by atoms with E-state index in [2.05, 4.69) is 0 Å². The lowest BCUT2D eigenvalue weighted by atomic mass is 10.1. The summed E-state index contributed by atoms with van der Waals surface area (Å²) in [6.45, 7) is 4.45. The van der Waals surface area contributed by atoms with E-state index >= 15 is 4.39 Å². The van der Waals surface area contributed by atoms with Crippen LogP contribution in [0.5, 0.6) is 5.75 Å². The molecule has 0 amide bonds. The molecule has 0 aliphatic rings. The molecule has 6 heteroatoms. The number of aromatic nitrogens is 2. The Hall–Kier alpha value is -4.03. The van der Waals surface area contributed by atoms with Crippen LogP contribution in [-0.4, -0.2) is 9.55 Å². The molecule has 0 bridgehead atoms. The highest BCUT2D eigenvalue weighted by Crippen LogP contribution is 2.34. The second kappa shape index (κ2) is 10.9. The van der Waals surface area contributed by atoms with E-state index in [9.17, 15) is 4.79 Å². The number of thiophene rings is 1. The molecule has 37 heavy (non-hydrogen) atoms. The van der Waals surface area contributed by atoms with Crippen molar-refractivity contribution in [3.05, 3.63) is 129 Å². The maximum absolute atomic E-state index is 15.1. The largest absolute Gasteiger partial charge is 0.485 e. The van der Waals surface area contributed by atoms with Crippen molar-refractivity contribution in [3.63, 3.8) is 0 Å². The normalized spacial score (nSPS) is 11.0. The summed E-state index contributed by atoms with van der Waals surface area (Å²) in [7, 11) is 0. The van der Waals surface area contributed by atoms with Crippen LogP contribution in [0.25, 0.3) is 21.8 Å². The Kier molecular flexibility index (Phi) is 7.28. The Balaban J connectivity index is 1.63. The van der Waals surface area contributed by atoms with Crippen molar-refractivity contribution >= 4 is 11.3 Å². The van der Waals surface area contributed by atoms with Crippen molar-refractivity contribution in [1.82, 2.24) is 9.55 Å². The van der Waals surface area contributed by atoms with Crippen molar-refractivity contribution in [2.45, 2.75) is 33.4 Å². The van der Waals surface area contributed by atoms with Gasteiger partial charge in [0.05, 0.1) is 16.8 Å². The summed E-state index contributed by atoms with van der Waals surface area (Å²) in [5.41, 5.74) is 4.63. The Morgan fingerprint density at radius 3 is 2.30 bits per heavy atom. The Bertz CT molecular complexity index is 1580. The van der Waals surface area contributed by atoms with Gasteiger partial charge >= 0.3 is 0 Å². The molecule has 0 fully saturated rings. The molecule has 0 saturated carbocycles. The fourth-order valence-corrected chi connectivity index (χ4v) is 5.35. The smallest absolute Gasteiger partial charge is 0.262 e. The minimum Gasteiger partial charge on any atom is -0.485 e. The first kappa shape index (κ1) is 24.7. The van der Waals surface area contributed by atoms with Gasteiger partial charge in [-0.05, 0) is 60.5 Å². The van der Waals surface area contributed by atoms with E-state index in [1.165, 1.54) is 17.4 Å². The van der Waals surface area contributed by atoms with Gasteiger partial charge in [0.2, 0.25) is 0 Å². The minimum absolute atomic E-state index is 0.0887. The summed E-state index contributed by atoms with van der Waals surface area (Å²) in [6.07, 6.45) is 0.636. The van der Waals surface area contributed by atoms with E-state index in [1.807, 2.05) is 86.0 Å². The molecule has 5 rings (SSSR count). The average Bonchev–Trinajstić information content (AvgIpc) is 3.33. The number of aryl methyl sites for hydroxylation is 3. The van der Waals surface area contributed by atoms with Crippen molar-refractivity contribution in [2.75, 3.05) is 0 Å². The summed E-state index contributed by atoms with van der Waals surface area (Å²) >= 11 is 1.53. The number of halogens is 1. The molecule has 0 atom stereocenters. The molecule has 2 aromatic heterocycles. The third-order valence-electron chi connectivity index (χ3n) is 6.23. The predicted octanol–water partition coefficient (Wildman–Crippen LogP) is 7.22. The molecule has 0 saturated heterocycles. The monoisotopic (exact) mass is 510 g/mol. The second-order valence-corrected chi connectivity index (χ2v) is 9.88. The van der Waals surface area contributed by atoms with Crippen molar-refractivity contribution < 1.29 is 9.13 Å². The lowest BCUT2D eigenvalue weighted by Crippen LogP contribution is -2.27. The molecular formula is C31H27FN2O2S. The highest BCUT2D eigenvalue weighted by atomic mass is 32.1. The van der Waals surface area contributed by atoms with E-state index in [0.717, 1.165) is 21.6 Å². The molecule has 4 nitrogen and oxygen atoms in total. The van der Waals surface area contributed by atoms with Crippen LogP contribution < -0.4 is 10.3 Å². The van der Waals surface area contributed by atoms with Crippen molar-refractivity contribution in [2.24, 2.45) is 0 Å². The van der Waals surface area contributed by atoms with Gasteiger partial charge in [0.25, 0.3) is 5.56 Å². The zero-order valence-corrected chi connectivity index (χ0v) is 21.6. The first-order chi connectivity index (χ1) is 18.0. The summed E-state index contributed by atoms with van der Waals surface area (Å²) in [6, 6.07) is 26.4. The van der Waals surface area contributed by atoms with Crippen LogP contribution in [0.3, 0.4) is 0 Å². The van der Waals surface area contributed by atoms with Gasteiger partial charge < -0.3 is 4.74 Å². The maximum Gasteiger partial charge on any atom is 0.262 e. The molecule has 0 radical (unpaired) electrons. The molecule has 0 aliphatic heterocycles. The predicted molar refractivity (Wildman–Crippen MR) is 148 cm³/mol. The molecule has 0 unspecified atom stereocenters. The van der Waals surface area contributed by atoms with E-state index < -0.39 is 5.82 Å². The molecule has 0 aliphatic carbocycles. The molecule has 3 aromatic carbocycles. The topological polar surface area (TPSA) is 44.1 Å². The number of benzene rings is 3. The van der Waals surface area contributed by atoms with Crippen LogP contribution in [0, 0.1) is 19.7 Å². The number of hydrogen-bond donors (Lipinski definition) is 0. The fourth-order valence-electron chi connectivity index (χ4n) is 4.37. The number of ether oxygens (including phenoxy) is 1. The maximum atomic E-state index is 15.1. The first-order valence-electron chi connectivity index (χ1n) is 12.2. The van der Waals surface area contributed by atoms with Gasteiger partial charge in [-0.3, -0.25) is 9.36 Å². The van der Waals surface area contributed by atoms with E-state index in [4.69, 9.17) is 9.72 Å². The summed E-state index contributed by atoms with van der Waals surface area (Å²) in [5, 5.41) is 2.03. The van der Waals surface area contributed by atoms with E-state index in [-0.39, 0.29) is 17.9 Å². The summed E-state index contributed by atoms with van der Waals surface area (Å²) in [5.74, 6) is -0.00301. The Morgan fingerprint density at radius 1 is 0.919 bits per heavy atom. The summed E-state index contributed by atoms with van der Waals surface area (Å²) in [4.78, 5) is 19.7.